The third-order valence-electron chi connectivity index (χ3n) is 1.76. The minimum Gasteiger partial charge on any atom is -0.0651 e. The second-order valence-corrected chi connectivity index (χ2v) is 2.72. The first-order valence-electron chi connectivity index (χ1n) is 3.75. The summed E-state index contributed by atoms with van der Waals surface area (Å²) < 4.78 is 0. The topological polar surface area (TPSA) is 0 Å². The Morgan fingerprint density at radius 2 is 2.25 bits per heavy atom. The van der Waals surface area contributed by atoms with Gasteiger partial charge in [0.15, 0.2) is 0 Å². The number of hydrogen-bond acceptors (Lipinski definition) is 0. The van der Waals surface area contributed by atoms with Crippen molar-refractivity contribution in [3.05, 3.63) is 6.42 Å². The highest BCUT2D eigenvalue weighted by Gasteiger charge is 2.19. The van der Waals surface area contributed by atoms with Crippen LogP contribution in [0.5, 0.6) is 0 Å². The van der Waals surface area contributed by atoms with Gasteiger partial charge < -0.3 is 0 Å². The van der Waals surface area contributed by atoms with E-state index in [-0.39, 0.29) is 0 Å². The van der Waals surface area contributed by atoms with Crippen LogP contribution in [0, 0.1) is 12.3 Å². The highest BCUT2D eigenvalue weighted by atomic mass is 14.2. The monoisotopic (exact) mass is 111 g/mol. The van der Waals surface area contributed by atoms with Crippen LogP contribution in [0.1, 0.15) is 39.0 Å². The van der Waals surface area contributed by atoms with Crippen LogP contribution in [-0.2, 0) is 0 Å². The molecule has 1 fully saturated rings. The van der Waals surface area contributed by atoms with Crippen molar-refractivity contribution in [2.24, 2.45) is 5.92 Å². The van der Waals surface area contributed by atoms with Crippen molar-refractivity contribution < 1.29 is 0 Å². The van der Waals surface area contributed by atoms with Crippen LogP contribution in [0.15, 0.2) is 0 Å². The molecule has 0 atom stereocenters. The Hall–Kier alpha value is 0. The summed E-state index contributed by atoms with van der Waals surface area (Å²) in [5.41, 5.74) is 0. The molecule has 0 unspecified atom stereocenters. The van der Waals surface area contributed by atoms with E-state index in [0.29, 0.717) is 0 Å². The molecule has 0 N–H and O–H groups in total. The lowest BCUT2D eigenvalue weighted by Crippen LogP contribution is -1.76. The van der Waals surface area contributed by atoms with Crippen LogP contribution in [0.3, 0.4) is 0 Å². The fraction of sp³-hybridized carbons (Fsp3) is 0.875. The molecule has 1 rings (SSSR count). The zero-order chi connectivity index (χ0) is 5.82. The van der Waals surface area contributed by atoms with E-state index < -0.39 is 0 Å². The van der Waals surface area contributed by atoms with Gasteiger partial charge in [0.25, 0.3) is 0 Å². The lowest BCUT2D eigenvalue weighted by molar-refractivity contribution is 0.703. The normalized spacial score (nSPS) is 19.1. The van der Waals surface area contributed by atoms with Gasteiger partial charge in [-0.3, -0.25) is 0 Å². The van der Waals surface area contributed by atoms with Gasteiger partial charge in [-0.05, 0) is 18.8 Å². The average molecular weight is 111 g/mol. The molecule has 0 amide bonds. The van der Waals surface area contributed by atoms with Crippen molar-refractivity contribution in [2.45, 2.75) is 39.0 Å². The van der Waals surface area contributed by atoms with Gasteiger partial charge in [0, 0.05) is 0 Å². The first-order chi connectivity index (χ1) is 3.93. The smallest absolute Gasteiger partial charge is 0.0388 e. The van der Waals surface area contributed by atoms with Gasteiger partial charge in [-0.25, -0.2) is 0 Å². The Bertz CT molecular complexity index is 53.1. The molecule has 1 aliphatic rings. The van der Waals surface area contributed by atoms with Gasteiger partial charge in [-0.15, -0.1) is 0 Å². The molecule has 0 aromatic rings. The quantitative estimate of drug-likeness (QED) is 0.489. The lowest BCUT2D eigenvalue weighted by Gasteiger charge is -1.92. The highest BCUT2D eigenvalue weighted by Crippen LogP contribution is 2.33. The van der Waals surface area contributed by atoms with Crippen LogP contribution in [0.25, 0.3) is 0 Å². The van der Waals surface area contributed by atoms with E-state index in [1.165, 1.54) is 32.1 Å². The predicted molar refractivity (Wildman–Crippen MR) is 36.5 cm³/mol. The summed E-state index contributed by atoms with van der Waals surface area (Å²) in [6.45, 7) is 2.22. The Labute approximate surface area is 52.3 Å². The fourth-order valence-electron chi connectivity index (χ4n) is 0.964. The van der Waals surface area contributed by atoms with Crippen molar-refractivity contribution >= 4 is 0 Å². The summed E-state index contributed by atoms with van der Waals surface area (Å²) in [5, 5.41) is 0. The molecule has 0 heterocycles. The molecule has 0 aromatic heterocycles. The van der Waals surface area contributed by atoms with Gasteiger partial charge in [0.1, 0.15) is 0 Å². The Morgan fingerprint density at radius 1 is 1.50 bits per heavy atom. The van der Waals surface area contributed by atoms with Gasteiger partial charge in [-0.2, -0.15) is 0 Å². The van der Waals surface area contributed by atoms with E-state index in [0.717, 1.165) is 5.92 Å². The minimum absolute atomic E-state index is 1.12. The van der Waals surface area contributed by atoms with Gasteiger partial charge in [0.2, 0.25) is 0 Å². The molecule has 0 aliphatic heterocycles. The summed E-state index contributed by atoms with van der Waals surface area (Å²) in [7, 11) is 0. The van der Waals surface area contributed by atoms with Crippen molar-refractivity contribution in [1.82, 2.24) is 0 Å². The molecule has 0 heteroatoms. The van der Waals surface area contributed by atoms with E-state index >= 15 is 0 Å². The standard InChI is InChI=1S/C8H15/c1-2-3-4-5-8-6-7-8/h3,8H,2,4-7H2,1H3. The molecule has 47 valence electrons. The van der Waals surface area contributed by atoms with Crippen LogP contribution in [0.4, 0.5) is 0 Å². The molecule has 8 heavy (non-hydrogen) atoms. The number of rotatable bonds is 4. The van der Waals surface area contributed by atoms with Crippen molar-refractivity contribution in [2.75, 3.05) is 0 Å². The minimum atomic E-state index is 1.12. The third-order valence-corrected chi connectivity index (χ3v) is 1.76. The van der Waals surface area contributed by atoms with E-state index in [2.05, 4.69) is 13.3 Å². The lowest BCUT2D eigenvalue weighted by atomic mass is 10.1. The molecular formula is C8H15. The first kappa shape index (κ1) is 6.12. The molecule has 1 saturated carbocycles. The highest BCUT2D eigenvalue weighted by molar-refractivity contribution is 4.75. The van der Waals surface area contributed by atoms with E-state index in [9.17, 15) is 0 Å². The molecular weight excluding hydrogens is 96.1 g/mol. The molecule has 0 spiro atoms. The van der Waals surface area contributed by atoms with Crippen molar-refractivity contribution in [1.29, 1.82) is 0 Å². The Kier molecular flexibility index (Phi) is 2.38. The largest absolute Gasteiger partial charge is 0.0651 e. The zero-order valence-electron chi connectivity index (χ0n) is 5.69. The molecule has 1 radical (unpaired) electrons. The van der Waals surface area contributed by atoms with Crippen LogP contribution in [-0.4, -0.2) is 0 Å². The van der Waals surface area contributed by atoms with Crippen molar-refractivity contribution in [3.8, 4) is 0 Å². The van der Waals surface area contributed by atoms with Gasteiger partial charge >= 0.3 is 0 Å². The van der Waals surface area contributed by atoms with E-state index in [1.807, 2.05) is 0 Å². The number of hydrogen-bond donors (Lipinski definition) is 0. The zero-order valence-corrected chi connectivity index (χ0v) is 5.69. The Balaban J connectivity index is 1.74. The molecule has 0 aromatic carbocycles. The van der Waals surface area contributed by atoms with Crippen LogP contribution < -0.4 is 0 Å². The van der Waals surface area contributed by atoms with Gasteiger partial charge in [0.05, 0.1) is 0 Å². The summed E-state index contributed by atoms with van der Waals surface area (Å²) in [5.74, 6) is 1.12. The summed E-state index contributed by atoms with van der Waals surface area (Å²) in [4.78, 5) is 0. The maximum absolute atomic E-state index is 2.39. The average Bonchev–Trinajstić information content (AvgIpc) is 2.51. The van der Waals surface area contributed by atoms with E-state index in [1.54, 1.807) is 0 Å². The second-order valence-electron chi connectivity index (χ2n) is 2.72. The maximum Gasteiger partial charge on any atom is -0.0388 e. The fourth-order valence-corrected chi connectivity index (χ4v) is 0.964. The number of unbranched alkanes of at least 4 members (excludes halogenated alkanes) is 2. The Morgan fingerprint density at radius 3 is 2.75 bits per heavy atom. The van der Waals surface area contributed by atoms with Crippen molar-refractivity contribution in [3.63, 3.8) is 0 Å². The van der Waals surface area contributed by atoms with Crippen LogP contribution >= 0.6 is 0 Å². The molecule has 1 aliphatic carbocycles. The molecule has 0 nitrogen and oxygen atoms in total. The summed E-state index contributed by atoms with van der Waals surface area (Å²) in [6.07, 6.45) is 9.50. The summed E-state index contributed by atoms with van der Waals surface area (Å²) in [6, 6.07) is 0. The van der Waals surface area contributed by atoms with Gasteiger partial charge in [-0.1, -0.05) is 32.6 Å². The predicted octanol–water partition coefficient (Wildman–Crippen LogP) is 2.79. The molecule has 0 bridgehead atoms. The van der Waals surface area contributed by atoms with Crippen LogP contribution in [0.2, 0.25) is 0 Å². The van der Waals surface area contributed by atoms with E-state index in [4.69, 9.17) is 0 Å². The third kappa shape index (κ3) is 2.34. The summed E-state index contributed by atoms with van der Waals surface area (Å²) >= 11 is 0. The molecule has 0 saturated heterocycles. The second kappa shape index (κ2) is 3.11. The first-order valence-corrected chi connectivity index (χ1v) is 3.75. The maximum atomic E-state index is 2.39. The SMILES string of the molecule is CC[CH]CCC1CC1.